The molecular weight excluding hydrogens is 200 g/mol. The van der Waals surface area contributed by atoms with Crippen LogP contribution in [0.3, 0.4) is 0 Å². The van der Waals surface area contributed by atoms with Crippen molar-refractivity contribution in [2.45, 2.75) is 26.3 Å². The van der Waals surface area contributed by atoms with Gasteiger partial charge in [0.15, 0.2) is 0 Å². The van der Waals surface area contributed by atoms with Crippen LogP contribution >= 0.6 is 0 Å². The summed E-state index contributed by atoms with van der Waals surface area (Å²) in [6.45, 7) is 8.13. The normalized spacial score (nSPS) is 17.6. The molecule has 0 amide bonds. The first-order chi connectivity index (χ1) is 7.54. The average molecular weight is 220 g/mol. The average Bonchev–Trinajstić information content (AvgIpc) is 2.25. The van der Waals surface area contributed by atoms with Gasteiger partial charge in [-0.15, -0.1) is 0 Å². The molecule has 88 valence electrons. The standard InChI is InChI=1S/C13H20N2O/c1-5-16-10-6-7-12-11(8-10)14-9-13(2,3)15(12)4/h6-8,14H,5,9H2,1-4H3. The summed E-state index contributed by atoms with van der Waals surface area (Å²) in [5.41, 5.74) is 2.55. The molecule has 1 aromatic carbocycles. The van der Waals surface area contributed by atoms with Crippen LogP contribution in [0.25, 0.3) is 0 Å². The lowest BCUT2D eigenvalue weighted by atomic mass is 9.98. The monoisotopic (exact) mass is 220 g/mol. The Balaban J connectivity index is 2.33. The fourth-order valence-electron chi connectivity index (χ4n) is 1.96. The summed E-state index contributed by atoms with van der Waals surface area (Å²) in [5.74, 6) is 0.932. The van der Waals surface area contributed by atoms with E-state index in [1.807, 2.05) is 13.0 Å². The lowest BCUT2D eigenvalue weighted by Gasteiger charge is -2.43. The first-order valence-corrected chi connectivity index (χ1v) is 5.79. The number of rotatable bonds is 2. The first-order valence-electron chi connectivity index (χ1n) is 5.79. The van der Waals surface area contributed by atoms with Crippen LogP contribution in [0.4, 0.5) is 11.4 Å². The summed E-state index contributed by atoms with van der Waals surface area (Å²) in [6.07, 6.45) is 0. The molecule has 0 saturated carbocycles. The van der Waals surface area contributed by atoms with Crippen molar-refractivity contribution in [3.63, 3.8) is 0 Å². The molecule has 0 aromatic heterocycles. The quantitative estimate of drug-likeness (QED) is 0.829. The molecule has 1 heterocycles. The number of benzene rings is 1. The molecule has 16 heavy (non-hydrogen) atoms. The molecule has 3 nitrogen and oxygen atoms in total. The van der Waals surface area contributed by atoms with Gasteiger partial charge in [0, 0.05) is 19.7 Å². The van der Waals surface area contributed by atoms with Gasteiger partial charge in [-0.25, -0.2) is 0 Å². The molecule has 0 radical (unpaired) electrons. The molecule has 1 aliphatic rings. The van der Waals surface area contributed by atoms with E-state index in [1.54, 1.807) is 0 Å². The fraction of sp³-hybridized carbons (Fsp3) is 0.538. The van der Waals surface area contributed by atoms with Crippen LogP contribution in [0.1, 0.15) is 20.8 Å². The van der Waals surface area contributed by atoms with Crippen molar-refractivity contribution < 1.29 is 4.74 Å². The third-order valence-electron chi connectivity index (χ3n) is 3.26. The Kier molecular flexibility index (Phi) is 2.70. The summed E-state index contributed by atoms with van der Waals surface area (Å²) in [4.78, 5) is 2.31. The minimum absolute atomic E-state index is 0.153. The minimum Gasteiger partial charge on any atom is -0.494 e. The lowest BCUT2D eigenvalue weighted by molar-refractivity contribution is 0.340. The zero-order valence-electron chi connectivity index (χ0n) is 10.5. The van der Waals surface area contributed by atoms with Gasteiger partial charge in [0.2, 0.25) is 0 Å². The van der Waals surface area contributed by atoms with Gasteiger partial charge in [0.05, 0.1) is 23.5 Å². The molecule has 0 saturated heterocycles. The number of anilines is 2. The van der Waals surface area contributed by atoms with E-state index in [4.69, 9.17) is 4.74 Å². The molecule has 1 aliphatic heterocycles. The highest BCUT2D eigenvalue weighted by Crippen LogP contribution is 2.36. The largest absolute Gasteiger partial charge is 0.494 e. The maximum atomic E-state index is 5.50. The fourth-order valence-corrected chi connectivity index (χ4v) is 1.96. The topological polar surface area (TPSA) is 24.5 Å². The van der Waals surface area contributed by atoms with Crippen LogP contribution in [-0.2, 0) is 0 Å². The van der Waals surface area contributed by atoms with Gasteiger partial charge in [-0.3, -0.25) is 0 Å². The summed E-state index contributed by atoms with van der Waals surface area (Å²) >= 11 is 0. The molecule has 3 heteroatoms. The number of nitrogens with zero attached hydrogens (tertiary/aromatic N) is 1. The first kappa shape index (κ1) is 11.1. The van der Waals surface area contributed by atoms with Gasteiger partial charge in [-0.2, -0.15) is 0 Å². The molecule has 0 bridgehead atoms. The van der Waals surface area contributed by atoms with E-state index in [0.29, 0.717) is 6.61 Å². The summed E-state index contributed by atoms with van der Waals surface area (Å²) in [5, 5.41) is 3.46. The molecule has 1 N–H and O–H groups in total. The predicted molar refractivity (Wildman–Crippen MR) is 68.6 cm³/mol. The van der Waals surface area contributed by atoms with Crippen LogP contribution in [0.15, 0.2) is 18.2 Å². The Morgan fingerprint density at radius 3 is 2.88 bits per heavy atom. The van der Waals surface area contributed by atoms with Crippen LogP contribution < -0.4 is 15.0 Å². The maximum absolute atomic E-state index is 5.50. The highest BCUT2D eigenvalue weighted by atomic mass is 16.5. The van der Waals surface area contributed by atoms with Gasteiger partial charge in [0.25, 0.3) is 0 Å². The summed E-state index contributed by atoms with van der Waals surface area (Å²) in [7, 11) is 2.14. The van der Waals surface area contributed by atoms with E-state index >= 15 is 0 Å². The smallest absolute Gasteiger partial charge is 0.121 e. The molecule has 0 spiro atoms. The number of hydrogen-bond acceptors (Lipinski definition) is 3. The zero-order valence-corrected chi connectivity index (χ0v) is 10.5. The third-order valence-corrected chi connectivity index (χ3v) is 3.26. The van der Waals surface area contributed by atoms with Crippen molar-refractivity contribution in [3.8, 4) is 5.75 Å². The van der Waals surface area contributed by atoms with E-state index in [2.05, 4.69) is 43.2 Å². The third kappa shape index (κ3) is 1.82. The second kappa shape index (κ2) is 3.89. The SMILES string of the molecule is CCOc1ccc2c(c1)NCC(C)(C)N2C. The van der Waals surface area contributed by atoms with E-state index in [9.17, 15) is 0 Å². The van der Waals surface area contributed by atoms with E-state index in [0.717, 1.165) is 18.0 Å². The second-order valence-electron chi connectivity index (χ2n) is 4.84. The van der Waals surface area contributed by atoms with E-state index in [1.165, 1.54) is 5.69 Å². The van der Waals surface area contributed by atoms with Crippen molar-refractivity contribution in [1.29, 1.82) is 0 Å². The predicted octanol–water partition coefficient (Wildman–Crippen LogP) is 2.73. The molecule has 0 atom stereocenters. The van der Waals surface area contributed by atoms with E-state index in [-0.39, 0.29) is 5.54 Å². The van der Waals surface area contributed by atoms with Gasteiger partial charge >= 0.3 is 0 Å². The Hall–Kier alpha value is -1.38. The number of nitrogens with one attached hydrogen (secondary N) is 1. The number of hydrogen-bond donors (Lipinski definition) is 1. The maximum Gasteiger partial charge on any atom is 0.121 e. The van der Waals surface area contributed by atoms with Gasteiger partial charge < -0.3 is 15.0 Å². The number of likely N-dealkylation sites (N-methyl/N-ethyl adjacent to an activating group) is 1. The molecule has 0 fully saturated rings. The van der Waals surface area contributed by atoms with Crippen LogP contribution in [-0.4, -0.2) is 25.7 Å². The number of fused-ring (bicyclic) bond motifs is 1. The van der Waals surface area contributed by atoms with Crippen molar-refractivity contribution in [1.82, 2.24) is 0 Å². The van der Waals surface area contributed by atoms with Crippen LogP contribution in [0.5, 0.6) is 5.75 Å². The van der Waals surface area contributed by atoms with Crippen molar-refractivity contribution in [2.24, 2.45) is 0 Å². The van der Waals surface area contributed by atoms with Gasteiger partial charge in [-0.1, -0.05) is 0 Å². The highest BCUT2D eigenvalue weighted by molar-refractivity contribution is 5.75. The molecule has 1 aromatic rings. The van der Waals surface area contributed by atoms with Crippen molar-refractivity contribution >= 4 is 11.4 Å². The molecule has 0 aliphatic carbocycles. The van der Waals surface area contributed by atoms with Gasteiger partial charge in [-0.05, 0) is 32.9 Å². The highest BCUT2D eigenvalue weighted by Gasteiger charge is 2.29. The summed E-state index contributed by atoms with van der Waals surface area (Å²) < 4.78 is 5.50. The zero-order chi connectivity index (χ0) is 11.8. The van der Waals surface area contributed by atoms with Gasteiger partial charge in [0.1, 0.15) is 5.75 Å². The molecule has 0 unspecified atom stereocenters. The Morgan fingerprint density at radius 1 is 1.44 bits per heavy atom. The summed E-state index contributed by atoms with van der Waals surface area (Å²) in [6, 6.07) is 6.22. The van der Waals surface area contributed by atoms with E-state index < -0.39 is 0 Å². The Morgan fingerprint density at radius 2 is 2.19 bits per heavy atom. The molecule has 2 rings (SSSR count). The van der Waals surface area contributed by atoms with Crippen molar-refractivity contribution in [2.75, 3.05) is 30.4 Å². The number of ether oxygens (including phenoxy) is 1. The Bertz CT molecular complexity index is 388. The van der Waals surface area contributed by atoms with Crippen LogP contribution in [0.2, 0.25) is 0 Å². The molecular formula is C13H20N2O. The minimum atomic E-state index is 0.153. The van der Waals surface area contributed by atoms with Crippen LogP contribution in [0, 0.1) is 0 Å². The van der Waals surface area contributed by atoms with Crippen molar-refractivity contribution in [3.05, 3.63) is 18.2 Å². The second-order valence-corrected chi connectivity index (χ2v) is 4.84. The lowest BCUT2D eigenvalue weighted by Crippen LogP contribution is -2.49. The Labute approximate surface area is 97.4 Å².